The van der Waals surface area contributed by atoms with Crippen LogP contribution in [0.4, 0.5) is 0 Å². The third-order valence-corrected chi connectivity index (χ3v) is 3.69. The smallest absolute Gasteiger partial charge is 0.294 e. The minimum absolute atomic E-state index is 0.253. The number of aryl methyl sites for hydroxylation is 1. The Hall–Kier alpha value is -2.14. The Balaban J connectivity index is 2.39. The molecule has 3 rings (SSSR count). The van der Waals surface area contributed by atoms with E-state index in [9.17, 15) is 10.0 Å². The van der Waals surface area contributed by atoms with Crippen LogP contribution in [0.2, 0.25) is 0 Å². The molecule has 0 aliphatic heterocycles. The molecule has 0 saturated carbocycles. The van der Waals surface area contributed by atoms with Gasteiger partial charge in [0.05, 0.1) is 10.9 Å². The van der Waals surface area contributed by atoms with Crippen LogP contribution >= 0.6 is 15.9 Å². The van der Waals surface area contributed by atoms with Gasteiger partial charge in [0.1, 0.15) is 0 Å². The van der Waals surface area contributed by atoms with E-state index in [1.807, 2.05) is 37.3 Å². The second kappa shape index (κ2) is 4.76. The summed E-state index contributed by atoms with van der Waals surface area (Å²) in [5, 5.41) is 10.5. The van der Waals surface area contributed by atoms with Gasteiger partial charge < -0.3 is 5.21 Å². The molecule has 0 atom stereocenters. The van der Waals surface area contributed by atoms with E-state index >= 15 is 0 Å². The van der Waals surface area contributed by atoms with Gasteiger partial charge in [-0.15, -0.1) is 4.73 Å². The summed E-state index contributed by atoms with van der Waals surface area (Å²) in [7, 11) is 0. The first kappa shape index (κ1) is 12.9. The van der Waals surface area contributed by atoms with Gasteiger partial charge in [-0.25, -0.2) is 4.98 Å². The van der Waals surface area contributed by atoms with Gasteiger partial charge in [0, 0.05) is 10.0 Å². The standard InChI is InChI=1S/C15H11BrN2O2/c1-9-4-2-3-5-11(9)14-17-13-7-6-10(16)8-12(13)15(19)18(14)20/h2-8,20H,1H3. The predicted octanol–water partition coefficient (Wildman–Crippen LogP) is 3.37. The molecule has 0 fully saturated rings. The van der Waals surface area contributed by atoms with Crippen molar-refractivity contribution in [2.45, 2.75) is 6.92 Å². The molecule has 2 aromatic carbocycles. The molecule has 1 aromatic heterocycles. The average Bonchev–Trinajstić information content (AvgIpc) is 2.44. The summed E-state index contributed by atoms with van der Waals surface area (Å²) in [5.74, 6) is 0.253. The maximum atomic E-state index is 12.2. The lowest BCUT2D eigenvalue weighted by Gasteiger charge is -2.09. The maximum absolute atomic E-state index is 12.2. The van der Waals surface area contributed by atoms with E-state index in [0.717, 1.165) is 15.6 Å². The predicted molar refractivity (Wildman–Crippen MR) is 81.1 cm³/mol. The molecule has 100 valence electrons. The van der Waals surface area contributed by atoms with E-state index in [-0.39, 0.29) is 5.82 Å². The van der Waals surface area contributed by atoms with Crippen molar-refractivity contribution in [1.29, 1.82) is 0 Å². The van der Waals surface area contributed by atoms with Gasteiger partial charge in [0.2, 0.25) is 0 Å². The van der Waals surface area contributed by atoms with Crippen LogP contribution in [0.5, 0.6) is 0 Å². The van der Waals surface area contributed by atoms with E-state index in [0.29, 0.717) is 15.6 Å². The molecule has 0 aliphatic rings. The molecule has 1 N–H and O–H groups in total. The Morgan fingerprint density at radius 3 is 2.70 bits per heavy atom. The van der Waals surface area contributed by atoms with Crippen molar-refractivity contribution in [2.24, 2.45) is 0 Å². The maximum Gasteiger partial charge on any atom is 0.294 e. The lowest BCUT2D eigenvalue weighted by molar-refractivity contribution is 0.178. The van der Waals surface area contributed by atoms with Crippen molar-refractivity contribution in [3.8, 4) is 11.4 Å². The quantitative estimate of drug-likeness (QED) is 0.696. The first-order valence-electron chi connectivity index (χ1n) is 6.05. The molecule has 0 unspecified atom stereocenters. The summed E-state index contributed by atoms with van der Waals surface area (Å²) in [5.41, 5.74) is 1.76. The Morgan fingerprint density at radius 2 is 1.95 bits per heavy atom. The molecule has 0 bridgehead atoms. The summed E-state index contributed by atoms with van der Waals surface area (Å²) < 4.78 is 1.38. The number of nitrogens with zero attached hydrogens (tertiary/aromatic N) is 2. The number of rotatable bonds is 1. The van der Waals surface area contributed by atoms with E-state index < -0.39 is 5.56 Å². The van der Waals surface area contributed by atoms with Crippen molar-refractivity contribution < 1.29 is 5.21 Å². The van der Waals surface area contributed by atoms with Crippen LogP contribution in [-0.4, -0.2) is 14.9 Å². The van der Waals surface area contributed by atoms with E-state index in [1.165, 1.54) is 0 Å². The second-order valence-electron chi connectivity index (χ2n) is 4.53. The van der Waals surface area contributed by atoms with Crippen molar-refractivity contribution in [1.82, 2.24) is 9.71 Å². The number of hydrogen-bond donors (Lipinski definition) is 1. The normalized spacial score (nSPS) is 10.9. The molecular weight excluding hydrogens is 320 g/mol. The fourth-order valence-electron chi connectivity index (χ4n) is 2.15. The Labute approximate surface area is 123 Å². The number of halogens is 1. The van der Waals surface area contributed by atoms with Crippen LogP contribution in [0.1, 0.15) is 5.56 Å². The Bertz CT molecular complexity index is 871. The zero-order chi connectivity index (χ0) is 14.3. The highest BCUT2D eigenvalue weighted by Gasteiger charge is 2.13. The SMILES string of the molecule is Cc1ccccc1-c1nc2ccc(Br)cc2c(=O)n1O. The highest BCUT2D eigenvalue weighted by Crippen LogP contribution is 2.22. The van der Waals surface area contributed by atoms with Crippen molar-refractivity contribution in [3.63, 3.8) is 0 Å². The molecule has 0 aliphatic carbocycles. The van der Waals surface area contributed by atoms with Crippen LogP contribution in [0.25, 0.3) is 22.3 Å². The van der Waals surface area contributed by atoms with Gasteiger partial charge >= 0.3 is 0 Å². The number of aromatic nitrogens is 2. The van der Waals surface area contributed by atoms with Crippen LogP contribution in [0.3, 0.4) is 0 Å². The Morgan fingerprint density at radius 1 is 1.20 bits per heavy atom. The average molecular weight is 331 g/mol. The van der Waals surface area contributed by atoms with E-state index in [4.69, 9.17) is 0 Å². The van der Waals surface area contributed by atoms with Gasteiger partial charge in [0.25, 0.3) is 5.56 Å². The highest BCUT2D eigenvalue weighted by molar-refractivity contribution is 9.10. The van der Waals surface area contributed by atoms with Crippen molar-refractivity contribution >= 4 is 26.8 Å². The lowest BCUT2D eigenvalue weighted by Crippen LogP contribution is -2.21. The fourth-order valence-corrected chi connectivity index (χ4v) is 2.51. The molecule has 4 nitrogen and oxygen atoms in total. The lowest BCUT2D eigenvalue weighted by atomic mass is 10.1. The Kier molecular flexibility index (Phi) is 3.06. The summed E-state index contributed by atoms with van der Waals surface area (Å²) in [4.78, 5) is 16.6. The highest BCUT2D eigenvalue weighted by atomic mass is 79.9. The van der Waals surface area contributed by atoms with Crippen LogP contribution in [0.15, 0.2) is 51.7 Å². The van der Waals surface area contributed by atoms with Crippen molar-refractivity contribution in [3.05, 3.63) is 62.9 Å². The topological polar surface area (TPSA) is 55.1 Å². The zero-order valence-electron chi connectivity index (χ0n) is 10.7. The number of benzene rings is 2. The number of fused-ring (bicyclic) bond motifs is 1. The summed E-state index contributed by atoms with van der Waals surface area (Å²) >= 11 is 3.31. The molecule has 0 spiro atoms. The van der Waals surface area contributed by atoms with Gasteiger partial charge in [-0.2, -0.15) is 0 Å². The number of hydrogen-bond acceptors (Lipinski definition) is 3. The first-order chi connectivity index (χ1) is 9.58. The van der Waals surface area contributed by atoms with Crippen LogP contribution in [-0.2, 0) is 0 Å². The molecule has 0 radical (unpaired) electrons. The monoisotopic (exact) mass is 330 g/mol. The molecule has 20 heavy (non-hydrogen) atoms. The minimum atomic E-state index is -0.477. The minimum Gasteiger partial charge on any atom is -0.423 e. The first-order valence-corrected chi connectivity index (χ1v) is 6.85. The molecule has 3 aromatic rings. The van der Waals surface area contributed by atoms with Gasteiger partial charge in [-0.1, -0.05) is 40.2 Å². The third-order valence-electron chi connectivity index (χ3n) is 3.19. The summed E-state index contributed by atoms with van der Waals surface area (Å²) in [6, 6.07) is 12.7. The molecule has 5 heteroatoms. The van der Waals surface area contributed by atoms with Gasteiger partial charge in [0.15, 0.2) is 5.82 Å². The van der Waals surface area contributed by atoms with Crippen LogP contribution in [0, 0.1) is 6.92 Å². The largest absolute Gasteiger partial charge is 0.423 e. The third kappa shape index (κ3) is 2.00. The molecular formula is C15H11BrN2O2. The fraction of sp³-hybridized carbons (Fsp3) is 0.0667. The zero-order valence-corrected chi connectivity index (χ0v) is 12.3. The van der Waals surface area contributed by atoms with Crippen molar-refractivity contribution in [2.75, 3.05) is 0 Å². The molecule has 1 heterocycles. The molecule has 0 saturated heterocycles. The second-order valence-corrected chi connectivity index (χ2v) is 5.44. The van der Waals surface area contributed by atoms with E-state index in [2.05, 4.69) is 20.9 Å². The summed E-state index contributed by atoms with van der Waals surface area (Å²) in [6.07, 6.45) is 0. The summed E-state index contributed by atoms with van der Waals surface area (Å²) in [6.45, 7) is 1.91. The molecule has 0 amide bonds. The van der Waals surface area contributed by atoms with Gasteiger partial charge in [-0.3, -0.25) is 4.79 Å². The van der Waals surface area contributed by atoms with Crippen LogP contribution < -0.4 is 5.56 Å². The van der Waals surface area contributed by atoms with E-state index in [1.54, 1.807) is 12.1 Å². The van der Waals surface area contributed by atoms with Gasteiger partial charge in [-0.05, 0) is 30.7 Å².